The van der Waals surface area contributed by atoms with Crippen LogP contribution in [0.1, 0.15) is 5.69 Å². The zero-order chi connectivity index (χ0) is 16.1. The van der Waals surface area contributed by atoms with Gasteiger partial charge in [-0.05, 0) is 31.2 Å². The Morgan fingerprint density at radius 2 is 2.04 bits per heavy atom. The van der Waals surface area contributed by atoms with E-state index in [4.69, 9.17) is 10.5 Å². The second kappa shape index (κ2) is 8.42. The second-order valence-electron chi connectivity index (χ2n) is 4.86. The van der Waals surface area contributed by atoms with Crippen LogP contribution in [0.4, 0.5) is 5.69 Å². The van der Waals surface area contributed by atoms with Gasteiger partial charge >= 0.3 is 0 Å². The van der Waals surface area contributed by atoms with Crippen molar-refractivity contribution in [2.45, 2.75) is 13.0 Å². The largest absolute Gasteiger partial charge is 0.383 e. The number of aromatic nitrogens is 2. The molecular formula is C15H19ClN4O3. The Morgan fingerprint density at radius 1 is 1.39 bits per heavy atom. The topological polar surface area (TPSA) is 110 Å². The summed E-state index contributed by atoms with van der Waals surface area (Å²) >= 11 is 0. The molecule has 0 saturated heterocycles. The Morgan fingerprint density at radius 3 is 2.61 bits per heavy atom. The van der Waals surface area contributed by atoms with Crippen LogP contribution in [0, 0.1) is 6.92 Å². The number of methoxy groups -OCH3 is 1. The zero-order valence-corrected chi connectivity index (χ0v) is 13.6. The first kappa shape index (κ1) is 18.8. The lowest BCUT2D eigenvalue weighted by Gasteiger charge is -2.11. The van der Waals surface area contributed by atoms with E-state index in [1.807, 2.05) is 0 Å². The average molecular weight is 339 g/mol. The standard InChI is InChI=1S/C15H18N4O3.ClH/c1-9-7-13(20)19-14(17-9)10-3-5-11(6-4-10)18-15(21)12(16)8-22-2;/h3-7,12H,8,16H2,1-2H3,(H,18,21)(H,17,19,20);1H. The molecule has 0 fully saturated rings. The SMILES string of the molecule is COCC(N)C(=O)Nc1ccc(-c2nc(C)cc(=O)[nH]2)cc1.Cl. The first-order chi connectivity index (χ1) is 10.5. The number of H-pyrrole nitrogens is 1. The monoisotopic (exact) mass is 338 g/mol. The molecule has 0 saturated carbocycles. The lowest BCUT2D eigenvalue weighted by molar-refractivity contribution is -0.118. The van der Waals surface area contributed by atoms with Gasteiger partial charge < -0.3 is 20.8 Å². The van der Waals surface area contributed by atoms with E-state index in [2.05, 4.69) is 15.3 Å². The van der Waals surface area contributed by atoms with Gasteiger partial charge in [-0.2, -0.15) is 0 Å². The van der Waals surface area contributed by atoms with Gasteiger partial charge in [0.1, 0.15) is 11.9 Å². The maximum atomic E-state index is 11.8. The molecular weight excluding hydrogens is 320 g/mol. The number of nitrogens with two attached hydrogens (primary N) is 1. The summed E-state index contributed by atoms with van der Waals surface area (Å²) in [6.07, 6.45) is 0. The highest BCUT2D eigenvalue weighted by molar-refractivity contribution is 5.94. The number of carbonyl (C=O) groups excluding carboxylic acids is 1. The van der Waals surface area contributed by atoms with Crippen molar-refractivity contribution >= 4 is 24.0 Å². The molecule has 0 spiro atoms. The summed E-state index contributed by atoms with van der Waals surface area (Å²) in [5, 5.41) is 2.69. The van der Waals surface area contributed by atoms with E-state index in [0.717, 1.165) is 5.56 Å². The molecule has 0 bridgehead atoms. The van der Waals surface area contributed by atoms with Crippen molar-refractivity contribution in [2.24, 2.45) is 5.73 Å². The Labute approximate surface area is 139 Å². The number of benzene rings is 1. The van der Waals surface area contributed by atoms with Crippen molar-refractivity contribution in [2.75, 3.05) is 19.0 Å². The number of amides is 1. The van der Waals surface area contributed by atoms with Crippen LogP contribution in [0.2, 0.25) is 0 Å². The van der Waals surface area contributed by atoms with Crippen LogP contribution in [0.25, 0.3) is 11.4 Å². The molecule has 4 N–H and O–H groups in total. The average Bonchev–Trinajstić information content (AvgIpc) is 2.47. The predicted octanol–water partition coefficient (Wildman–Crippen LogP) is 1.08. The third kappa shape index (κ3) is 5.17. The summed E-state index contributed by atoms with van der Waals surface area (Å²) in [6.45, 7) is 1.91. The van der Waals surface area contributed by atoms with E-state index in [9.17, 15) is 9.59 Å². The summed E-state index contributed by atoms with van der Waals surface area (Å²) in [7, 11) is 1.48. The van der Waals surface area contributed by atoms with Gasteiger partial charge in [0.25, 0.3) is 5.56 Å². The van der Waals surface area contributed by atoms with E-state index in [-0.39, 0.29) is 30.5 Å². The highest BCUT2D eigenvalue weighted by atomic mass is 35.5. The fourth-order valence-corrected chi connectivity index (χ4v) is 1.92. The first-order valence-corrected chi connectivity index (χ1v) is 6.73. The van der Waals surface area contributed by atoms with E-state index in [0.29, 0.717) is 17.2 Å². The van der Waals surface area contributed by atoms with Crippen molar-refractivity contribution in [1.82, 2.24) is 9.97 Å². The van der Waals surface area contributed by atoms with E-state index < -0.39 is 6.04 Å². The van der Waals surface area contributed by atoms with Crippen molar-refractivity contribution < 1.29 is 9.53 Å². The summed E-state index contributed by atoms with van der Waals surface area (Å²) in [4.78, 5) is 30.2. The molecule has 1 aromatic heterocycles. The lowest BCUT2D eigenvalue weighted by atomic mass is 10.2. The number of nitrogens with one attached hydrogen (secondary N) is 2. The first-order valence-electron chi connectivity index (χ1n) is 6.73. The molecule has 2 aromatic rings. The number of carbonyl (C=O) groups is 1. The molecule has 1 atom stereocenters. The Hall–Kier alpha value is -2.22. The molecule has 1 heterocycles. The van der Waals surface area contributed by atoms with Crippen LogP contribution < -0.4 is 16.6 Å². The van der Waals surface area contributed by atoms with Crippen LogP contribution in [-0.2, 0) is 9.53 Å². The normalized spacial score (nSPS) is 11.4. The summed E-state index contributed by atoms with van der Waals surface area (Å²) in [5.74, 6) is 0.163. The summed E-state index contributed by atoms with van der Waals surface area (Å²) in [5.41, 5.74) is 7.44. The third-order valence-electron chi connectivity index (χ3n) is 2.98. The number of aromatic amines is 1. The quantitative estimate of drug-likeness (QED) is 0.755. The van der Waals surface area contributed by atoms with Crippen LogP contribution >= 0.6 is 12.4 Å². The van der Waals surface area contributed by atoms with E-state index >= 15 is 0 Å². The fraction of sp³-hybridized carbons (Fsp3) is 0.267. The minimum Gasteiger partial charge on any atom is -0.383 e. The van der Waals surface area contributed by atoms with Crippen molar-refractivity contribution in [3.05, 3.63) is 46.4 Å². The van der Waals surface area contributed by atoms with Crippen molar-refractivity contribution in [3.63, 3.8) is 0 Å². The molecule has 1 aromatic carbocycles. The number of nitrogens with zero attached hydrogens (tertiary/aromatic N) is 1. The smallest absolute Gasteiger partial charge is 0.251 e. The van der Waals surface area contributed by atoms with Crippen LogP contribution in [0.3, 0.4) is 0 Å². The number of hydrogen-bond donors (Lipinski definition) is 3. The molecule has 124 valence electrons. The van der Waals surface area contributed by atoms with Crippen LogP contribution in [-0.4, -0.2) is 35.6 Å². The molecule has 2 rings (SSSR count). The number of aryl methyl sites for hydroxylation is 1. The molecule has 1 unspecified atom stereocenters. The molecule has 0 aliphatic rings. The second-order valence-corrected chi connectivity index (χ2v) is 4.86. The van der Waals surface area contributed by atoms with Crippen molar-refractivity contribution in [1.29, 1.82) is 0 Å². The Balaban J connectivity index is 0.00000264. The molecule has 23 heavy (non-hydrogen) atoms. The molecule has 8 heteroatoms. The third-order valence-corrected chi connectivity index (χ3v) is 2.98. The molecule has 0 aliphatic heterocycles. The van der Waals surface area contributed by atoms with E-state index in [1.165, 1.54) is 13.2 Å². The maximum absolute atomic E-state index is 11.8. The number of hydrogen-bond acceptors (Lipinski definition) is 5. The van der Waals surface area contributed by atoms with Crippen molar-refractivity contribution in [3.8, 4) is 11.4 Å². The van der Waals surface area contributed by atoms with Crippen LogP contribution in [0.5, 0.6) is 0 Å². The number of halogens is 1. The lowest BCUT2D eigenvalue weighted by Crippen LogP contribution is -2.39. The van der Waals surface area contributed by atoms with Gasteiger partial charge in [-0.1, -0.05) is 0 Å². The highest BCUT2D eigenvalue weighted by Gasteiger charge is 2.13. The zero-order valence-electron chi connectivity index (χ0n) is 12.8. The van der Waals surface area contributed by atoms with E-state index in [1.54, 1.807) is 31.2 Å². The number of ether oxygens (including phenoxy) is 1. The molecule has 7 nitrogen and oxygen atoms in total. The summed E-state index contributed by atoms with van der Waals surface area (Å²) in [6, 6.07) is 7.66. The van der Waals surface area contributed by atoms with Gasteiger partial charge in [0.2, 0.25) is 5.91 Å². The van der Waals surface area contributed by atoms with Gasteiger partial charge in [-0.25, -0.2) is 4.98 Å². The van der Waals surface area contributed by atoms with Crippen LogP contribution in [0.15, 0.2) is 35.1 Å². The molecule has 1 amide bonds. The Kier molecular flexibility index (Phi) is 6.89. The maximum Gasteiger partial charge on any atom is 0.251 e. The van der Waals surface area contributed by atoms with Gasteiger partial charge in [-0.3, -0.25) is 9.59 Å². The molecule has 0 aliphatic carbocycles. The number of anilines is 1. The predicted molar refractivity (Wildman–Crippen MR) is 90.8 cm³/mol. The summed E-state index contributed by atoms with van der Waals surface area (Å²) < 4.78 is 4.83. The Bertz CT molecular complexity index is 715. The minimum absolute atomic E-state index is 0. The van der Waals surface area contributed by atoms with Gasteiger partial charge in [-0.15, -0.1) is 12.4 Å². The van der Waals surface area contributed by atoms with Gasteiger partial charge in [0, 0.05) is 30.1 Å². The number of rotatable bonds is 5. The minimum atomic E-state index is -0.723. The highest BCUT2D eigenvalue weighted by Crippen LogP contribution is 2.17. The van der Waals surface area contributed by atoms with Gasteiger partial charge in [0.15, 0.2) is 0 Å². The van der Waals surface area contributed by atoms with Gasteiger partial charge in [0.05, 0.1) is 6.61 Å². The molecule has 0 radical (unpaired) electrons. The fourth-order valence-electron chi connectivity index (χ4n) is 1.92.